The summed E-state index contributed by atoms with van der Waals surface area (Å²) >= 11 is 5.63. The third-order valence-corrected chi connectivity index (χ3v) is 4.56. The fraction of sp³-hybridized carbons (Fsp3) is 0.412. The molecule has 1 aromatic heterocycles. The number of halogens is 4. The lowest BCUT2D eigenvalue weighted by atomic mass is 9.87. The first kappa shape index (κ1) is 17.0. The number of rotatable bonds is 3. The minimum atomic E-state index is -4.50. The fourth-order valence-electron chi connectivity index (χ4n) is 3.01. The predicted octanol–water partition coefficient (Wildman–Crippen LogP) is 5.94. The Bertz CT molecular complexity index is 712. The van der Waals surface area contributed by atoms with Crippen LogP contribution in [0.15, 0.2) is 30.5 Å². The van der Waals surface area contributed by atoms with Gasteiger partial charge in [-0.15, -0.1) is 0 Å². The highest BCUT2D eigenvalue weighted by Crippen LogP contribution is 2.37. The molecular formula is C17H17ClF3N3. The number of benzene rings is 1. The van der Waals surface area contributed by atoms with Gasteiger partial charge in [-0.2, -0.15) is 13.2 Å². The van der Waals surface area contributed by atoms with Crippen LogP contribution in [0, 0.1) is 0 Å². The molecule has 128 valence electrons. The highest BCUT2D eigenvalue weighted by molar-refractivity contribution is 6.31. The molecule has 0 bridgehead atoms. The molecule has 2 aromatic rings. The molecule has 0 atom stereocenters. The Morgan fingerprint density at radius 3 is 2.54 bits per heavy atom. The molecule has 24 heavy (non-hydrogen) atoms. The minimum absolute atomic E-state index is 0.257. The van der Waals surface area contributed by atoms with Gasteiger partial charge in [0.2, 0.25) is 5.95 Å². The van der Waals surface area contributed by atoms with Crippen molar-refractivity contribution in [3.8, 4) is 0 Å². The van der Waals surface area contributed by atoms with Gasteiger partial charge in [-0.25, -0.2) is 9.97 Å². The molecule has 1 fully saturated rings. The van der Waals surface area contributed by atoms with E-state index in [0.717, 1.165) is 24.6 Å². The van der Waals surface area contributed by atoms with Crippen molar-refractivity contribution in [3.05, 3.63) is 46.7 Å². The summed E-state index contributed by atoms with van der Waals surface area (Å²) in [5, 5.41) is 2.51. The maximum Gasteiger partial charge on any atom is 0.417 e. The zero-order valence-electron chi connectivity index (χ0n) is 12.9. The molecule has 0 saturated heterocycles. The molecule has 1 saturated carbocycles. The molecule has 3 nitrogen and oxygen atoms in total. The van der Waals surface area contributed by atoms with Crippen molar-refractivity contribution in [2.75, 3.05) is 5.32 Å². The van der Waals surface area contributed by atoms with Crippen LogP contribution in [0.5, 0.6) is 0 Å². The number of nitrogens with zero attached hydrogens (tertiary/aromatic N) is 2. The highest BCUT2D eigenvalue weighted by atomic mass is 35.5. The lowest BCUT2D eigenvalue weighted by Crippen LogP contribution is -2.09. The molecule has 0 spiro atoms. The van der Waals surface area contributed by atoms with Gasteiger partial charge in [0.25, 0.3) is 0 Å². The molecule has 1 aliphatic rings. The monoisotopic (exact) mass is 355 g/mol. The zero-order chi connectivity index (χ0) is 17.2. The van der Waals surface area contributed by atoms with E-state index in [0.29, 0.717) is 11.9 Å². The zero-order valence-corrected chi connectivity index (χ0v) is 13.7. The molecule has 7 heteroatoms. The lowest BCUT2D eigenvalue weighted by molar-refractivity contribution is -0.137. The molecule has 3 rings (SSSR count). The van der Waals surface area contributed by atoms with Crippen molar-refractivity contribution in [1.82, 2.24) is 9.97 Å². The molecule has 0 radical (unpaired) electrons. The Morgan fingerprint density at radius 2 is 1.83 bits per heavy atom. The van der Waals surface area contributed by atoms with E-state index >= 15 is 0 Å². The maximum atomic E-state index is 12.9. The summed E-state index contributed by atoms with van der Waals surface area (Å²) in [6, 6.07) is 5.55. The van der Waals surface area contributed by atoms with Crippen LogP contribution in [0.4, 0.5) is 24.8 Å². The van der Waals surface area contributed by atoms with Crippen LogP contribution in [0.3, 0.4) is 0 Å². The summed E-state index contributed by atoms with van der Waals surface area (Å²) in [5.74, 6) is 0.701. The van der Waals surface area contributed by atoms with Crippen LogP contribution in [0.25, 0.3) is 0 Å². The number of anilines is 2. The Kier molecular flexibility index (Phi) is 4.94. The first-order valence-corrected chi connectivity index (χ1v) is 8.28. The highest BCUT2D eigenvalue weighted by Gasteiger charge is 2.33. The fourth-order valence-corrected chi connectivity index (χ4v) is 3.23. The largest absolute Gasteiger partial charge is 0.417 e. The summed E-state index contributed by atoms with van der Waals surface area (Å²) in [7, 11) is 0. The minimum Gasteiger partial charge on any atom is -0.324 e. The first-order valence-electron chi connectivity index (χ1n) is 7.90. The molecule has 1 aliphatic carbocycles. The number of hydrogen-bond donors (Lipinski definition) is 1. The van der Waals surface area contributed by atoms with Crippen LogP contribution < -0.4 is 5.32 Å². The molecule has 0 amide bonds. The second-order valence-corrected chi connectivity index (χ2v) is 6.36. The van der Waals surface area contributed by atoms with Crippen molar-refractivity contribution in [2.24, 2.45) is 0 Å². The van der Waals surface area contributed by atoms with Crippen LogP contribution in [-0.4, -0.2) is 9.97 Å². The van der Waals surface area contributed by atoms with Gasteiger partial charge in [0.15, 0.2) is 0 Å². The number of aromatic nitrogens is 2. The van der Waals surface area contributed by atoms with E-state index in [-0.39, 0.29) is 10.7 Å². The van der Waals surface area contributed by atoms with E-state index in [2.05, 4.69) is 15.3 Å². The van der Waals surface area contributed by atoms with Crippen molar-refractivity contribution >= 4 is 23.2 Å². The Labute approximate surface area is 143 Å². The van der Waals surface area contributed by atoms with Crippen LogP contribution in [0.2, 0.25) is 5.02 Å². The average Bonchev–Trinajstić information content (AvgIpc) is 2.57. The average molecular weight is 356 g/mol. The number of nitrogens with one attached hydrogen (secondary N) is 1. The molecule has 0 unspecified atom stereocenters. The third kappa shape index (κ3) is 3.98. The smallest absolute Gasteiger partial charge is 0.324 e. The first-order chi connectivity index (χ1) is 11.4. The second-order valence-electron chi connectivity index (χ2n) is 5.96. The SMILES string of the molecule is FC(F)(F)c1cc(Nc2nccc(C3CCCCC3)n2)ccc1Cl. The van der Waals surface area contributed by atoms with Gasteiger partial charge < -0.3 is 5.32 Å². The molecule has 1 heterocycles. The van der Waals surface area contributed by atoms with Gasteiger partial charge in [0.1, 0.15) is 0 Å². The van der Waals surface area contributed by atoms with Crippen molar-refractivity contribution in [2.45, 2.75) is 44.2 Å². The van der Waals surface area contributed by atoms with Crippen LogP contribution in [0.1, 0.15) is 49.3 Å². The molecule has 1 N–H and O–H groups in total. The normalized spacial score (nSPS) is 16.2. The van der Waals surface area contributed by atoms with Gasteiger partial charge in [0.05, 0.1) is 10.6 Å². The summed E-state index contributed by atoms with van der Waals surface area (Å²) in [6.45, 7) is 0. The second kappa shape index (κ2) is 6.97. The number of alkyl halides is 3. The number of hydrogen-bond acceptors (Lipinski definition) is 3. The van der Waals surface area contributed by atoms with Crippen LogP contribution in [-0.2, 0) is 6.18 Å². The van der Waals surface area contributed by atoms with Gasteiger partial charge in [-0.1, -0.05) is 30.9 Å². The van der Waals surface area contributed by atoms with E-state index in [9.17, 15) is 13.2 Å². The quantitative estimate of drug-likeness (QED) is 0.740. The summed E-state index contributed by atoms with van der Waals surface area (Å²) in [4.78, 5) is 8.58. The topological polar surface area (TPSA) is 37.8 Å². The Morgan fingerprint density at radius 1 is 1.08 bits per heavy atom. The van der Waals surface area contributed by atoms with E-state index < -0.39 is 11.7 Å². The van der Waals surface area contributed by atoms with Gasteiger partial charge in [-0.05, 0) is 37.1 Å². The van der Waals surface area contributed by atoms with E-state index in [1.54, 1.807) is 6.20 Å². The van der Waals surface area contributed by atoms with Gasteiger partial charge in [-0.3, -0.25) is 0 Å². The Balaban J connectivity index is 1.81. The summed E-state index contributed by atoms with van der Waals surface area (Å²) < 4.78 is 38.8. The maximum absolute atomic E-state index is 12.9. The van der Waals surface area contributed by atoms with Gasteiger partial charge >= 0.3 is 6.18 Å². The predicted molar refractivity (Wildman–Crippen MR) is 87.6 cm³/mol. The third-order valence-electron chi connectivity index (χ3n) is 4.23. The van der Waals surface area contributed by atoms with Crippen molar-refractivity contribution in [1.29, 1.82) is 0 Å². The Hall–Kier alpha value is -1.82. The molecule has 0 aliphatic heterocycles. The van der Waals surface area contributed by atoms with Crippen molar-refractivity contribution in [3.63, 3.8) is 0 Å². The molecular weight excluding hydrogens is 339 g/mol. The van der Waals surface area contributed by atoms with Gasteiger partial charge in [0, 0.05) is 23.5 Å². The summed E-state index contributed by atoms with van der Waals surface area (Å²) in [6.07, 6.45) is 2.94. The van der Waals surface area contributed by atoms with E-state index in [4.69, 9.17) is 11.6 Å². The van der Waals surface area contributed by atoms with E-state index in [1.165, 1.54) is 31.4 Å². The standard InChI is InChI=1S/C17H17ClF3N3/c18-14-7-6-12(10-13(14)17(19,20)21)23-16-22-9-8-15(24-16)11-4-2-1-3-5-11/h6-11H,1-5H2,(H,22,23,24). The van der Waals surface area contributed by atoms with E-state index in [1.807, 2.05) is 6.07 Å². The van der Waals surface area contributed by atoms with Crippen molar-refractivity contribution < 1.29 is 13.2 Å². The van der Waals surface area contributed by atoms with Crippen LogP contribution >= 0.6 is 11.6 Å². The lowest BCUT2D eigenvalue weighted by Gasteiger charge is -2.21. The molecule has 1 aromatic carbocycles. The summed E-state index contributed by atoms with van der Waals surface area (Å²) in [5.41, 5.74) is 0.322.